The van der Waals surface area contributed by atoms with Gasteiger partial charge in [0.25, 0.3) is 5.91 Å². The predicted octanol–water partition coefficient (Wildman–Crippen LogP) is 8.12. The van der Waals surface area contributed by atoms with Crippen molar-refractivity contribution in [2.24, 2.45) is 5.41 Å². The fraction of sp³-hybridized carbons (Fsp3) is 0.481. The van der Waals surface area contributed by atoms with E-state index >= 15 is 0 Å². The molecule has 1 unspecified atom stereocenters. The normalized spacial score (nSPS) is 17.3. The Hall–Kier alpha value is -5.98. The molecule has 4 amide bonds. The number of halogens is 3. The summed E-state index contributed by atoms with van der Waals surface area (Å²) in [5.74, 6) is -0.830. The van der Waals surface area contributed by atoms with E-state index in [9.17, 15) is 37.6 Å². The van der Waals surface area contributed by atoms with Gasteiger partial charge in [-0.25, -0.2) is 4.98 Å². The second-order valence-electron chi connectivity index (χ2n) is 19.0. The fourth-order valence-electron chi connectivity index (χ4n) is 9.11. The molecule has 20 heteroatoms. The molecular formula is C52H60F3N7O8S2. The smallest absolute Gasteiger partial charge is 0.417 e. The third kappa shape index (κ3) is 12.6. The minimum absolute atomic E-state index is 0.0247. The monoisotopic (exact) mass is 1030 g/mol. The number of aryl methyl sites for hydroxylation is 1. The summed E-state index contributed by atoms with van der Waals surface area (Å²) in [4.78, 5) is 64.3. The Morgan fingerprint density at radius 3 is 2.31 bits per heavy atom. The highest BCUT2D eigenvalue weighted by Crippen LogP contribution is 2.44. The number of nitriles is 1. The van der Waals surface area contributed by atoms with Crippen LogP contribution in [0.3, 0.4) is 0 Å². The summed E-state index contributed by atoms with van der Waals surface area (Å²) >= 11 is 7.37. The van der Waals surface area contributed by atoms with Gasteiger partial charge in [0, 0.05) is 64.7 Å². The van der Waals surface area contributed by atoms with Crippen LogP contribution in [0.5, 0.6) is 5.75 Å². The number of hydrogen-bond acceptors (Lipinski definition) is 12. The number of ether oxygens (including phenoxy) is 4. The summed E-state index contributed by atoms with van der Waals surface area (Å²) < 4.78 is 64.5. The van der Waals surface area contributed by atoms with Gasteiger partial charge in [-0.1, -0.05) is 45.0 Å². The van der Waals surface area contributed by atoms with E-state index in [0.29, 0.717) is 70.0 Å². The quantitative estimate of drug-likeness (QED) is 0.0644. The van der Waals surface area contributed by atoms with Gasteiger partial charge >= 0.3 is 6.18 Å². The highest BCUT2D eigenvalue weighted by atomic mass is 32.1. The zero-order valence-corrected chi connectivity index (χ0v) is 42.5. The van der Waals surface area contributed by atoms with Gasteiger partial charge in [0.15, 0.2) is 5.11 Å². The number of thiocarbonyl (C=S) groups is 1. The van der Waals surface area contributed by atoms with Crippen molar-refractivity contribution < 1.29 is 51.3 Å². The van der Waals surface area contributed by atoms with Gasteiger partial charge in [-0.3, -0.25) is 24.1 Å². The molecule has 384 valence electrons. The topological polar surface area (TPSA) is 176 Å². The number of likely N-dealkylation sites (tertiary alicyclic amines) is 1. The zero-order valence-electron chi connectivity index (χ0n) is 40.8. The second-order valence-corrected chi connectivity index (χ2v) is 20.3. The molecule has 0 saturated carbocycles. The molecule has 3 aliphatic rings. The number of anilines is 2. The molecule has 3 fully saturated rings. The summed E-state index contributed by atoms with van der Waals surface area (Å²) in [5, 5.41) is 15.2. The van der Waals surface area contributed by atoms with Crippen LogP contribution in [-0.2, 0) is 46.1 Å². The standard InChI is InChI=1S/C52H60F3N7O8S2/c1-34-44(72-33-58-34)36-12-10-35(11-13-36)31-57-46(64)42-9-7-22-60(42)47(65)45(50(2,3)4)59-43(63)32-69-25-8-24-67-23-5-6-26-70-40-18-16-38(17-19-40)62-49(71)61(48(66)51(62)20-27-68-28-21-51)39-15-14-37(30-56)41(29-39)52(53,54)55/h10-19,29,33,42,45H,5-9,20-28,31-32H2,1-4H3,(H,57,64)(H,59,63)/t42-,45?/m0/s1. The van der Waals surface area contributed by atoms with Crippen molar-refractivity contribution in [2.75, 3.05) is 62.6 Å². The predicted molar refractivity (Wildman–Crippen MR) is 269 cm³/mol. The lowest BCUT2D eigenvalue weighted by molar-refractivity contribution is -0.144. The van der Waals surface area contributed by atoms with Crippen molar-refractivity contribution in [2.45, 2.75) is 103 Å². The third-order valence-electron chi connectivity index (χ3n) is 13.0. The molecule has 0 aliphatic carbocycles. The van der Waals surface area contributed by atoms with Crippen LogP contribution in [0.4, 0.5) is 24.5 Å². The van der Waals surface area contributed by atoms with Gasteiger partial charge in [-0.2, -0.15) is 18.4 Å². The maximum absolute atomic E-state index is 14.1. The number of rotatable bonds is 20. The number of nitrogens with one attached hydrogen (secondary N) is 2. The first kappa shape index (κ1) is 53.8. The van der Waals surface area contributed by atoms with Crippen LogP contribution in [-0.4, -0.2) is 109 Å². The number of alkyl halides is 3. The van der Waals surface area contributed by atoms with Crippen LogP contribution in [0.1, 0.15) is 88.1 Å². The Morgan fingerprint density at radius 1 is 0.958 bits per heavy atom. The van der Waals surface area contributed by atoms with E-state index in [4.69, 9.17) is 31.2 Å². The zero-order chi connectivity index (χ0) is 51.6. The molecule has 0 radical (unpaired) electrons. The molecule has 2 N–H and O–H groups in total. The highest BCUT2D eigenvalue weighted by molar-refractivity contribution is 7.81. The lowest BCUT2D eigenvalue weighted by Gasteiger charge is -2.38. The number of thiazole rings is 1. The molecule has 3 aromatic carbocycles. The molecule has 3 aliphatic heterocycles. The average Bonchev–Trinajstić information content (AvgIpc) is 4.08. The molecular weight excluding hydrogens is 972 g/mol. The van der Waals surface area contributed by atoms with E-state index in [0.717, 1.165) is 45.2 Å². The summed E-state index contributed by atoms with van der Waals surface area (Å²) in [7, 11) is 0. The van der Waals surface area contributed by atoms with Crippen LogP contribution in [0.2, 0.25) is 0 Å². The van der Waals surface area contributed by atoms with E-state index in [1.54, 1.807) is 51.5 Å². The Bertz CT molecular complexity index is 2610. The van der Waals surface area contributed by atoms with Gasteiger partial charge in [0.1, 0.15) is 30.0 Å². The Kier molecular flexibility index (Phi) is 17.7. The first-order chi connectivity index (χ1) is 34.4. The molecule has 0 bridgehead atoms. The molecule has 1 aromatic heterocycles. The molecule has 15 nitrogen and oxygen atoms in total. The van der Waals surface area contributed by atoms with Crippen LogP contribution < -0.4 is 25.2 Å². The average molecular weight is 1030 g/mol. The van der Waals surface area contributed by atoms with Crippen molar-refractivity contribution in [1.29, 1.82) is 5.26 Å². The molecule has 4 heterocycles. The molecule has 2 atom stereocenters. The van der Waals surface area contributed by atoms with Gasteiger partial charge in [0.2, 0.25) is 17.7 Å². The molecule has 3 saturated heterocycles. The molecule has 7 rings (SSSR count). The van der Waals surface area contributed by atoms with Crippen LogP contribution in [0.25, 0.3) is 10.4 Å². The van der Waals surface area contributed by atoms with E-state index < -0.39 is 52.2 Å². The van der Waals surface area contributed by atoms with Crippen molar-refractivity contribution in [3.05, 3.63) is 94.6 Å². The second kappa shape index (κ2) is 23.7. The van der Waals surface area contributed by atoms with E-state index in [-0.39, 0.29) is 61.9 Å². The SMILES string of the molecule is Cc1ncsc1-c1ccc(CNC(=O)[C@@H]2CCCN2C(=O)C(NC(=O)COCCCOCCCCOc2ccc(N3C(=S)N(c4ccc(C#N)c(C(F)(F)F)c4)C(=O)C34CCOCC4)cc2)C(C)(C)C)cc1. The highest BCUT2D eigenvalue weighted by Gasteiger charge is 2.57. The largest absolute Gasteiger partial charge is 0.494 e. The van der Waals surface area contributed by atoms with Gasteiger partial charge in [-0.15, -0.1) is 11.3 Å². The number of amides is 4. The van der Waals surface area contributed by atoms with Crippen LogP contribution in [0, 0.1) is 23.7 Å². The van der Waals surface area contributed by atoms with Crippen molar-refractivity contribution in [3.63, 3.8) is 0 Å². The maximum Gasteiger partial charge on any atom is 0.417 e. The number of aromatic nitrogens is 1. The number of benzene rings is 3. The summed E-state index contributed by atoms with van der Waals surface area (Å²) in [6, 6.07) is 18.2. The number of unbranched alkanes of at least 4 members (excludes halogenated alkanes) is 1. The molecule has 4 aromatic rings. The van der Waals surface area contributed by atoms with Gasteiger partial charge in [0.05, 0.1) is 45.6 Å². The van der Waals surface area contributed by atoms with E-state index in [1.807, 2.05) is 57.5 Å². The van der Waals surface area contributed by atoms with E-state index in [2.05, 4.69) is 15.6 Å². The number of hydrogen-bond donors (Lipinski definition) is 2. The van der Waals surface area contributed by atoms with Gasteiger partial charge < -0.3 is 39.4 Å². The van der Waals surface area contributed by atoms with Crippen molar-refractivity contribution >= 4 is 63.7 Å². The third-order valence-corrected chi connectivity index (χ3v) is 14.3. The Balaban J connectivity index is 0.791. The van der Waals surface area contributed by atoms with Crippen molar-refractivity contribution in [1.82, 2.24) is 20.5 Å². The molecule has 72 heavy (non-hydrogen) atoms. The summed E-state index contributed by atoms with van der Waals surface area (Å²) in [6.07, 6.45) is -1.07. The van der Waals surface area contributed by atoms with E-state index in [1.165, 1.54) is 6.07 Å². The summed E-state index contributed by atoms with van der Waals surface area (Å²) in [6.45, 7) is 10.2. The fourth-order valence-corrected chi connectivity index (χ4v) is 10.4. The lowest BCUT2D eigenvalue weighted by Crippen LogP contribution is -2.58. The first-order valence-corrected chi connectivity index (χ1v) is 25.3. The number of nitrogens with zero attached hydrogens (tertiary/aromatic N) is 5. The molecule has 1 spiro atoms. The number of carbonyl (C=O) groups excluding carboxylic acids is 4. The Morgan fingerprint density at radius 2 is 1.64 bits per heavy atom. The first-order valence-electron chi connectivity index (χ1n) is 24.1. The number of carbonyl (C=O) groups is 4. The summed E-state index contributed by atoms with van der Waals surface area (Å²) in [5.41, 5.74) is 1.81. The van der Waals surface area contributed by atoms with Crippen LogP contribution in [0.15, 0.2) is 72.2 Å². The van der Waals surface area contributed by atoms with Crippen molar-refractivity contribution in [3.8, 4) is 22.3 Å². The van der Waals surface area contributed by atoms with Gasteiger partial charge in [-0.05, 0) is 110 Å². The Labute approximate surface area is 426 Å². The maximum atomic E-state index is 14.1. The minimum atomic E-state index is -4.81. The van der Waals surface area contributed by atoms with Crippen LogP contribution >= 0.6 is 23.6 Å². The lowest BCUT2D eigenvalue weighted by atomic mass is 9.85. The minimum Gasteiger partial charge on any atom is -0.494 e.